The molecule has 1 aliphatic heterocycles. The average Bonchev–Trinajstić information content (AvgIpc) is 3.53. The van der Waals surface area contributed by atoms with Crippen LogP contribution in [0.15, 0.2) is 76.7 Å². The molecule has 192 valence electrons. The van der Waals surface area contributed by atoms with Gasteiger partial charge in [-0.1, -0.05) is 59.2 Å². The van der Waals surface area contributed by atoms with E-state index in [2.05, 4.69) is 74.4 Å². The van der Waals surface area contributed by atoms with E-state index < -0.39 is 0 Å². The van der Waals surface area contributed by atoms with Crippen LogP contribution in [0.3, 0.4) is 0 Å². The van der Waals surface area contributed by atoms with Crippen molar-refractivity contribution in [2.75, 3.05) is 13.1 Å². The highest BCUT2D eigenvalue weighted by molar-refractivity contribution is 7.10. The molecule has 2 heterocycles. The van der Waals surface area contributed by atoms with Gasteiger partial charge in [0, 0.05) is 23.4 Å². The Bertz CT molecular complexity index is 1090. The molecule has 3 rings (SSSR count). The molecule has 0 bridgehead atoms. The lowest BCUT2D eigenvalue weighted by Crippen LogP contribution is -2.18. The van der Waals surface area contributed by atoms with Gasteiger partial charge < -0.3 is 0 Å². The molecule has 36 heavy (non-hydrogen) atoms. The van der Waals surface area contributed by atoms with Crippen LogP contribution in [-0.4, -0.2) is 23.8 Å². The van der Waals surface area contributed by atoms with Crippen molar-refractivity contribution in [3.05, 3.63) is 98.3 Å². The molecule has 0 radical (unpaired) electrons. The summed E-state index contributed by atoms with van der Waals surface area (Å²) in [7, 11) is 0. The van der Waals surface area contributed by atoms with Crippen LogP contribution in [0.1, 0.15) is 92.6 Å². The van der Waals surface area contributed by atoms with E-state index in [0.717, 1.165) is 49.8 Å². The normalized spacial score (nSPS) is 15.1. The molecule has 0 saturated carbocycles. The van der Waals surface area contributed by atoms with Crippen molar-refractivity contribution in [1.29, 1.82) is 0 Å². The van der Waals surface area contributed by atoms with Crippen LogP contribution in [0.4, 0.5) is 0 Å². The molecule has 1 fully saturated rings. The lowest BCUT2D eigenvalue weighted by molar-refractivity contribution is 0.104. The predicted molar refractivity (Wildman–Crippen MR) is 158 cm³/mol. The molecule has 2 aromatic rings. The van der Waals surface area contributed by atoms with Gasteiger partial charge in [-0.15, -0.1) is 11.3 Å². The van der Waals surface area contributed by atoms with Crippen molar-refractivity contribution < 1.29 is 4.79 Å². The Balaban J connectivity index is 1.47. The summed E-state index contributed by atoms with van der Waals surface area (Å²) in [6.45, 7) is 12.2. The number of hydrogen-bond acceptors (Lipinski definition) is 3. The number of ketones is 1. The fourth-order valence-corrected chi connectivity index (χ4v) is 5.34. The Morgan fingerprint density at radius 1 is 0.889 bits per heavy atom. The molecule has 1 aromatic carbocycles. The molecule has 0 amide bonds. The zero-order valence-electron chi connectivity index (χ0n) is 22.7. The van der Waals surface area contributed by atoms with Gasteiger partial charge in [-0.3, -0.25) is 9.69 Å². The molecule has 0 N–H and O–H groups in total. The quantitative estimate of drug-likeness (QED) is 0.155. The summed E-state index contributed by atoms with van der Waals surface area (Å²) in [4.78, 5) is 16.5. The van der Waals surface area contributed by atoms with Crippen LogP contribution in [0.2, 0.25) is 0 Å². The lowest BCUT2D eigenvalue weighted by atomic mass is 10.0. The summed E-state index contributed by atoms with van der Waals surface area (Å²) >= 11 is 1.77. The molecular formula is C33H43NOS. The average molecular weight is 502 g/mol. The van der Waals surface area contributed by atoms with E-state index in [1.807, 2.05) is 18.2 Å². The van der Waals surface area contributed by atoms with Crippen molar-refractivity contribution in [3.63, 3.8) is 0 Å². The SMILES string of the molecule is CC(C)=CCCC(C)=CCCC(C)=CCc1sccc1/C=C/C(=O)c1ccc(CN2CCCC2)cc1. The Morgan fingerprint density at radius 2 is 1.56 bits per heavy atom. The molecule has 0 spiro atoms. The van der Waals surface area contributed by atoms with E-state index in [9.17, 15) is 4.79 Å². The Hall–Kier alpha value is -2.49. The molecule has 1 saturated heterocycles. The molecule has 0 unspecified atom stereocenters. The molecule has 1 aliphatic rings. The summed E-state index contributed by atoms with van der Waals surface area (Å²) in [5.41, 5.74) is 7.50. The first kappa shape index (κ1) is 28.1. The van der Waals surface area contributed by atoms with Crippen molar-refractivity contribution in [2.24, 2.45) is 0 Å². The van der Waals surface area contributed by atoms with Gasteiger partial charge in [0.05, 0.1) is 0 Å². The number of allylic oxidation sites excluding steroid dienone is 7. The van der Waals surface area contributed by atoms with Crippen LogP contribution in [0, 0.1) is 0 Å². The molecule has 0 atom stereocenters. The summed E-state index contributed by atoms with van der Waals surface area (Å²) in [6, 6.07) is 10.3. The van der Waals surface area contributed by atoms with Crippen LogP contribution < -0.4 is 0 Å². The van der Waals surface area contributed by atoms with Crippen molar-refractivity contribution in [3.8, 4) is 0 Å². The maximum atomic E-state index is 12.7. The van der Waals surface area contributed by atoms with Crippen molar-refractivity contribution in [1.82, 2.24) is 4.90 Å². The second-order valence-corrected chi connectivity index (χ2v) is 11.3. The number of carbonyl (C=O) groups excluding carboxylic acids is 1. The first-order chi connectivity index (χ1) is 17.4. The minimum atomic E-state index is 0.0679. The van der Waals surface area contributed by atoms with Gasteiger partial charge in [0.2, 0.25) is 0 Å². The topological polar surface area (TPSA) is 20.3 Å². The highest BCUT2D eigenvalue weighted by atomic mass is 32.1. The largest absolute Gasteiger partial charge is 0.299 e. The Kier molecular flexibility index (Phi) is 11.6. The molecule has 0 aliphatic carbocycles. The summed E-state index contributed by atoms with van der Waals surface area (Å²) in [5, 5.41) is 2.12. The summed E-state index contributed by atoms with van der Waals surface area (Å²) in [5.74, 6) is 0.0679. The fourth-order valence-electron chi connectivity index (χ4n) is 4.51. The standard InChI is InChI=1S/C33H43NOS/c1-26(2)9-7-10-27(3)11-8-12-28(4)13-20-33-31(21-24-36-33)18-19-32(35)30-16-14-29(15-17-30)25-34-22-5-6-23-34/h9,11,13-19,21,24H,5-8,10,12,20,22-23,25H2,1-4H3/b19-18+,27-11?,28-13?. The first-order valence-corrected chi connectivity index (χ1v) is 14.3. The van der Waals surface area contributed by atoms with Crippen molar-refractivity contribution >= 4 is 23.2 Å². The highest BCUT2D eigenvalue weighted by Gasteiger charge is 2.12. The molecular weight excluding hydrogens is 458 g/mol. The smallest absolute Gasteiger partial charge is 0.185 e. The van der Waals surface area contributed by atoms with Gasteiger partial charge in [0.15, 0.2) is 5.78 Å². The van der Waals surface area contributed by atoms with E-state index in [0.29, 0.717) is 0 Å². The maximum absolute atomic E-state index is 12.7. The van der Waals surface area contributed by atoms with Crippen LogP contribution in [-0.2, 0) is 13.0 Å². The van der Waals surface area contributed by atoms with Crippen LogP contribution in [0.5, 0.6) is 0 Å². The summed E-state index contributed by atoms with van der Waals surface area (Å²) in [6.07, 6.45) is 18.8. The lowest BCUT2D eigenvalue weighted by Gasteiger charge is -2.14. The van der Waals surface area contributed by atoms with Gasteiger partial charge in [0.25, 0.3) is 0 Å². The first-order valence-electron chi connectivity index (χ1n) is 13.5. The minimum absolute atomic E-state index is 0.0679. The van der Waals surface area contributed by atoms with E-state index >= 15 is 0 Å². The van der Waals surface area contributed by atoms with E-state index in [1.165, 1.54) is 53.1 Å². The third-order valence-corrected chi connectivity index (χ3v) is 7.76. The maximum Gasteiger partial charge on any atom is 0.185 e. The van der Waals surface area contributed by atoms with Gasteiger partial charge in [-0.2, -0.15) is 0 Å². The minimum Gasteiger partial charge on any atom is -0.299 e. The number of benzene rings is 1. The number of nitrogens with zero attached hydrogens (tertiary/aromatic N) is 1. The number of carbonyl (C=O) groups is 1. The zero-order chi connectivity index (χ0) is 25.8. The van der Waals surface area contributed by atoms with Crippen molar-refractivity contribution in [2.45, 2.75) is 79.2 Å². The van der Waals surface area contributed by atoms with Crippen LogP contribution >= 0.6 is 11.3 Å². The van der Waals surface area contributed by atoms with Crippen LogP contribution in [0.25, 0.3) is 6.08 Å². The molecule has 1 aromatic heterocycles. The second kappa shape index (κ2) is 14.9. The van der Waals surface area contributed by atoms with Gasteiger partial charge in [-0.25, -0.2) is 0 Å². The number of hydrogen-bond donors (Lipinski definition) is 0. The number of thiophene rings is 1. The van der Waals surface area contributed by atoms with Gasteiger partial charge >= 0.3 is 0 Å². The number of rotatable bonds is 13. The predicted octanol–water partition coefficient (Wildman–Crippen LogP) is 9.20. The third kappa shape index (κ3) is 9.87. The zero-order valence-corrected chi connectivity index (χ0v) is 23.5. The van der Waals surface area contributed by atoms with Gasteiger partial charge in [0.1, 0.15) is 0 Å². The van der Waals surface area contributed by atoms with Gasteiger partial charge in [-0.05, 0) is 114 Å². The highest BCUT2D eigenvalue weighted by Crippen LogP contribution is 2.21. The number of likely N-dealkylation sites (tertiary alicyclic amines) is 1. The van der Waals surface area contributed by atoms with E-state index in [4.69, 9.17) is 0 Å². The Labute approximate surface area is 223 Å². The third-order valence-electron chi connectivity index (χ3n) is 6.80. The fraction of sp³-hybridized carbons (Fsp3) is 0.424. The molecule has 2 nitrogen and oxygen atoms in total. The Morgan fingerprint density at radius 3 is 2.25 bits per heavy atom. The molecule has 3 heteroatoms. The summed E-state index contributed by atoms with van der Waals surface area (Å²) < 4.78 is 0. The van der Waals surface area contributed by atoms with E-state index in [-0.39, 0.29) is 5.78 Å². The second-order valence-electron chi connectivity index (χ2n) is 10.3. The van der Waals surface area contributed by atoms with E-state index in [1.54, 1.807) is 17.4 Å². The monoisotopic (exact) mass is 501 g/mol.